The molecule has 3 aromatic carbocycles. The number of carbonyl (C=O) groups is 3. The molecule has 424 valence electrons. The minimum Gasteiger partial charge on any atom is -0.460 e. The molecule has 23 heteroatoms. The Kier molecular flexibility index (Phi) is 35.0. The van der Waals surface area contributed by atoms with Crippen molar-refractivity contribution in [2.75, 3.05) is 138 Å². The van der Waals surface area contributed by atoms with Gasteiger partial charge in [0.25, 0.3) is 0 Å². The van der Waals surface area contributed by atoms with E-state index in [0.717, 1.165) is 11.1 Å². The second-order valence-corrected chi connectivity index (χ2v) is 19.0. The topological polar surface area (TPSA) is 255 Å². The Morgan fingerprint density at radius 2 is 1.27 bits per heavy atom. The van der Waals surface area contributed by atoms with E-state index in [2.05, 4.69) is 32.3 Å². The number of anilines is 1. The van der Waals surface area contributed by atoms with Crippen molar-refractivity contribution in [1.82, 2.24) is 9.99 Å². The van der Waals surface area contributed by atoms with E-state index in [9.17, 15) is 18.9 Å². The molecule has 0 bridgehead atoms. The SMILES string of the molecule is CCN(COC/C(C)=C/CCP(=O)(N[C@@H](C)C(=O)OCc1ccccc1)Oc1ccc(C#CCOCCOCCOCCOCCOCCOCCOCCOC)cc1)C(=O)OCc1ccc(NC(=O)[C@H](C)N=[N+]=[N-])cc1. The minimum atomic E-state index is -3.72. The number of nitrogens with zero attached hydrogens (tertiary/aromatic N) is 4. The molecule has 0 aromatic heterocycles. The third-order valence-corrected chi connectivity index (χ3v) is 12.6. The van der Waals surface area contributed by atoms with Crippen molar-refractivity contribution < 1.29 is 75.6 Å². The molecule has 0 radical (unpaired) electrons. The summed E-state index contributed by atoms with van der Waals surface area (Å²) >= 11 is 0. The third kappa shape index (κ3) is 31.2. The van der Waals surface area contributed by atoms with Crippen LogP contribution in [0.15, 0.2) is 95.6 Å². The summed E-state index contributed by atoms with van der Waals surface area (Å²) in [5, 5.41) is 8.95. The predicted octanol–water partition coefficient (Wildman–Crippen LogP) is 7.70. The number of hydrogen-bond acceptors (Lipinski definition) is 17. The average Bonchev–Trinajstić information content (AvgIpc) is 3.43. The molecule has 3 rings (SSSR count). The van der Waals surface area contributed by atoms with Crippen LogP contribution in [0.2, 0.25) is 0 Å². The lowest BCUT2D eigenvalue weighted by Crippen LogP contribution is -2.35. The Morgan fingerprint density at radius 3 is 1.83 bits per heavy atom. The molecule has 0 aliphatic rings. The highest BCUT2D eigenvalue weighted by molar-refractivity contribution is 7.57. The fourth-order valence-corrected chi connectivity index (χ4v) is 8.16. The monoisotopic (exact) mass is 1100 g/mol. The van der Waals surface area contributed by atoms with Gasteiger partial charge in [0, 0.05) is 29.8 Å². The van der Waals surface area contributed by atoms with Gasteiger partial charge in [-0.05, 0) is 87.2 Å². The first-order valence-electron chi connectivity index (χ1n) is 25.4. The van der Waals surface area contributed by atoms with Crippen molar-refractivity contribution in [2.24, 2.45) is 5.11 Å². The van der Waals surface area contributed by atoms with Gasteiger partial charge in [-0.25, -0.2) is 9.88 Å². The third-order valence-electron chi connectivity index (χ3n) is 10.5. The molecule has 77 heavy (non-hydrogen) atoms. The second-order valence-electron chi connectivity index (χ2n) is 16.8. The highest BCUT2D eigenvalue weighted by Crippen LogP contribution is 2.44. The van der Waals surface area contributed by atoms with E-state index < -0.39 is 37.6 Å². The van der Waals surface area contributed by atoms with Crippen molar-refractivity contribution in [3.05, 3.63) is 118 Å². The zero-order valence-corrected chi connectivity index (χ0v) is 46.0. The highest BCUT2D eigenvalue weighted by Gasteiger charge is 2.30. The number of esters is 1. The lowest BCUT2D eigenvalue weighted by molar-refractivity contribution is -0.146. The van der Waals surface area contributed by atoms with Crippen LogP contribution in [0.4, 0.5) is 10.5 Å². The summed E-state index contributed by atoms with van der Waals surface area (Å²) in [6, 6.07) is 20.9. The number of azide groups is 1. The first-order valence-corrected chi connectivity index (χ1v) is 27.2. The summed E-state index contributed by atoms with van der Waals surface area (Å²) in [5.74, 6) is 5.29. The van der Waals surface area contributed by atoms with Gasteiger partial charge in [-0.2, -0.15) is 0 Å². The lowest BCUT2D eigenvalue weighted by atomic mass is 10.2. The molecular weight excluding hydrogens is 1020 g/mol. The molecule has 2 N–H and O–H groups in total. The van der Waals surface area contributed by atoms with Crippen molar-refractivity contribution in [3.8, 4) is 17.6 Å². The fraction of sp³-hybridized carbons (Fsp3) is 0.537. The number of hydrogen-bond donors (Lipinski definition) is 2. The molecule has 0 fully saturated rings. The molecule has 1 unspecified atom stereocenters. The number of ether oxygens (including phenoxy) is 11. The van der Waals surface area contributed by atoms with Gasteiger partial charge in [-0.15, -0.1) is 0 Å². The minimum absolute atomic E-state index is 0.00976. The molecule has 0 saturated carbocycles. The molecule has 2 amide bonds. The van der Waals surface area contributed by atoms with Gasteiger partial charge in [-0.3, -0.25) is 19.1 Å². The Morgan fingerprint density at radius 1 is 0.727 bits per heavy atom. The first kappa shape index (κ1) is 65.4. The van der Waals surface area contributed by atoms with Crippen LogP contribution in [-0.2, 0) is 79.5 Å². The number of benzene rings is 3. The van der Waals surface area contributed by atoms with Crippen molar-refractivity contribution in [1.29, 1.82) is 0 Å². The van der Waals surface area contributed by atoms with Gasteiger partial charge in [0.2, 0.25) is 5.91 Å². The van der Waals surface area contributed by atoms with Crippen LogP contribution in [0.5, 0.6) is 5.75 Å². The van der Waals surface area contributed by atoms with Gasteiger partial charge >= 0.3 is 19.6 Å². The summed E-state index contributed by atoms with van der Waals surface area (Å²) in [7, 11) is -2.09. The maximum atomic E-state index is 14.4. The molecule has 0 spiro atoms. The van der Waals surface area contributed by atoms with Gasteiger partial charge < -0.3 is 61.9 Å². The van der Waals surface area contributed by atoms with E-state index in [1.165, 1.54) is 11.8 Å². The van der Waals surface area contributed by atoms with Crippen LogP contribution in [-0.4, -0.2) is 167 Å². The first-order chi connectivity index (χ1) is 37.4. The van der Waals surface area contributed by atoms with Crippen LogP contribution in [0, 0.1) is 11.8 Å². The lowest BCUT2D eigenvalue weighted by Gasteiger charge is -2.23. The van der Waals surface area contributed by atoms with Gasteiger partial charge in [-0.1, -0.05) is 71.1 Å². The smallest absolute Gasteiger partial charge is 0.411 e. The second kappa shape index (κ2) is 41.2. The summed E-state index contributed by atoms with van der Waals surface area (Å²) < 4.78 is 80.6. The Bertz CT molecular complexity index is 2300. The number of carbonyl (C=O) groups excluding carboxylic acids is 3. The van der Waals surface area contributed by atoms with E-state index in [-0.39, 0.29) is 39.3 Å². The molecule has 0 aliphatic heterocycles. The molecule has 3 atom stereocenters. The van der Waals surface area contributed by atoms with Gasteiger partial charge in [0.05, 0.1) is 105 Å². The van der Waals surface area contributed by atoms with E-state index in [0.29, 0.717) is 128 Å². The van der Waals surface area contributed by atoms with Crippen LogP contribution < -0.4 is 14.9 Å². The van der Waals surface area contributed by atoms with Crippen molar-refractivity contribution in [3.63, 3.8) is 0 Å². The normalized spacial score (nSPS) is 12.8. The Labute approximate surface area is 452 Å². The standard InChI is InChI=1S/C54H77N6O16P/c1-6-60(54(63)75-42-49-16-20-50(21-17-49)56-52(61)45(3)57-59-55)43-73-40-44(2)12-11-39-77(64,58-46(4)53(62)74-41-48-13-8-7-9-14-48)76-51-22-18-47(19-23-51)15-10-24-66-27-28-68-31-32-70-35-36-72-38-37-71-34-33-69-30-29-67-26-25-65-5/h7-9,12-14,16-23,45-46H,6,11,24-43H2,1-5H3,(H,56,61)(H,58,64)/b44-12+/t45-,46-,77?/m0/s1. The number of rotatable bonds is 42. The maximum Gasteiger partial charge on any atom is 0.411 e. The number of nitrogens with one attached hydrogen (secondary N) is 2. The van der Waals surface area contributed by atoms with Crippen LogP contribution in [0.1, 0.15) is 50.8 Å². The number of methoxy groups -OCH3 is 1. The number of amides is 2. The van der Waals surface area contributed by atoms with Crippen LogP contribution in [0.25, 0.3) is 10.4 Å². The predicted molar refractivity (Wildman–Crippen MR) is 288 cm³/mol. The largest absolute Gasteiger partial charge is 0.460 e. The van der Waals surface area contributed by atoms with Crippen molar-refractivity contribution in [2.45, 2.75) is 59.4 Å². The van der Waals surface area contributed by atoms with Crippen LogP contribution >= 0.6 is 7.52 Å². The van der Waals surface area contributed by atoms with Gasteiger partial charge in [0.1, 0.15) is 44.4 Å². The van der Waals surface area contributed by atoms with E-state index in [4.69, 9.17) is 62.2 Å². The van der Waals surface area contributed by atoms with E-state index in [1.54, 1.807) is 69.5 Å². The zero-order valence-electron chi connectivity index (χ0n) is 45.1. The average molecular weight is 1100 g/mol. The summed E-state index contributed by atoms with van der Waals surface area (Å²) in [6.45, 7) is 14.0. The highest BCUT2D eigenvalue weighted by atomic mass is 31.2. The maximum absolute atomic E-state index is 14.4. The molecule has 0 saturated heterocycles. The molecule has 0 heterocycles. The fourth-order valence-electron chi connectivity index (χ4n) is 6.26. The summed E-state index contributed by atoms with van der Waals surface area (Å²) in [6.07, 6.45) is 1.62. The van der Waals surface area contributed by atoms with E-state index >= 15 is 0 Å². The summed E-state index contributed by atoms with van der Waals surface area (Å²) in [4.78, 5) is 42.0. The van der Waals surface area contributed by atoms with Crippen LogP contribution in [0.3, 0.4) is 0 Å². The molecule has 22 nitrogen and oxygen atoms in total. The Balaban J connectivity index is 1.38. The Hall–Kier alpha value is -5.89. The summed E-state index contributed by atoms with van der Waals surface area (Å²) in [5.41, 5.74) is 12.1. The quantitative estimate of drug-likeness (QED) is 0.00634. The van der Waals surface area contributed by atoms with Gasteiger partial charge in [0.15, 0.2) is 0 Å². The molecule has 3 aromatic rings. The zero-order chi connectivity index (χ0) is 55.6. The number of allylic oxidation sites excluding steroid dienone is 1. The molecular formula is C54H77N6O16P. The van der Waals surface area contributed by atoms with E-state index in [1.807, 2.05) is 43.3 Å². The molecule has 0 aliphatic carbocycles. The van der Waals surface area contributed by atoms with Crippen molar-refractivity contribution >= 4 is 31.2 Å².